The molecule has 0 aliphatic heterocycles. The predicted molar refractivity (Wildman–Crippen MR) is 205 cm³/mol. The molecule has 0 aromatic rings. The molecule has 4 fully saturated rings. The van der Waals surface area contributed by atoms with Gasteiger partial charge in [0.1, 0.15) is 0 Å². The fourth-order valence-corrected chi connectivity index (χ4v) is 15.7. The van der Waals surface area contributed by atoms with Crippen LogP contribution in [-0.2, 0) is 27.2 Å². The van der Waals surface area contributed by atoms with Gasteiger partial charge in [-0.05, 0) is 170 Å². The van der Waals surface area contributed by atoms with Gasteiger partial charge in [0.2, 0.25) is 0 Å². The van der Waals surface area contributed by atoms with Crippen molar-refractivity contribution >= 4 is 39.2 Å². The van der Waals surface area contributed by atoms with E-state index in [-0.39, 0.29) is 41.2 Å². The summed E-state index contributed by atoms with van der Waals surface area (Å²) in [7, 11) is -5.81. The second kappa shape index (κ2) is 14.0. The highest BCUT2D eigenvalue weighted by Crippen LogP contribution is 2.70. The van der Waals surface area contributed by atoms with Crippen LogP contribution in [-0.4, -0.2) is 70.8 Å². The van der Waals surface area contributed by atoms with Crippen LogP contribution in [0.15, 0.2) is 0 Å². The van der Waals surface area contributed by atoms with Crippen LogP contribution >= 0.6 is 0 Å². The molecular formula is C37H74O6Si4. The summed E-state index contributed by atoms with van der Waals surface area (Å²) in [5, 5.41) is 0. The smallest absolute Gasteiger partial charge is 0.305 e. The highest BCUT2D eigenvalue weighted by atomic mass is 28.4. The van der Waals surface area contributed by atoms with Gasteiger partial charge in [0.05, 0.1) is 25.4 Å². The van der Waals surface area contributed by atoms with Crippen molar-refractivity contribution in [2.45, 2.75) is 175 Å². The molecule has 0 amide bonds. The van der Waals surface area contributed by atoms with Gasteiger partial charge in [0, 0.05) is 12.5 Å². The number of hydrogen-bond acceptors (Lipinski definition) is 6. The molecule has 0 radical (unpaired) electrons. The highest BCUT2D eigenvalue weighted by molar-refractivity contribution is 6.70. The van der Waals surface area contributed by atoms with Crippen LogP contribution in [0.3, 0.4) is 0 Å². The molecule has 0 heterocycles. The van der Waals surface area contributed by atoms with Crippen LogP contribution in [0.5, 0.6) is 0 Å². The van der Waals surface area contributed by atoms with Crippen molar-refractivity contribution in [2.75, 3.05) is 7.11 Å². The maximum Gasteiger partial charge on any atom is 0.305 e. The van der Waals surface area contributed by atoms with Crippen molar-refractivity contribution in [1.82, 2.24) is 0 Å². The molecule has 0 bridgehead atoms. The zero-order valence-electron chi connectivity index (χ0n) is 33.4. The van der Waals surface area contributed by atoms with Crippen LogP contribution in [0.25, 0.3) is 0 Å². The van der Waals surface area contributed by atoms with E-state index in [1.165, 1.54) is 26.4 Å². The molecule has 0 saturated heterocycles. The van der Waals surface area contributed by atoms with Gasteiger partial charge in [-0.25, -0.2) is 0 Å². The van der Waals surface area contributed by atoms with Crippen LogP contribution < -0.4 is 0 Å². The van der Waals surface area contributed by atoms with Gasteiger partial charge in [-0.3, -0.25) is 4.79 Å². The van der Waals surface area contributed by atoms with E-state index in [0.717, 1.165) is 25.7 Å². The molecule has 4 aliphatic carbocycles. The van der Waals surface area contributed by atoms with Gasteiger partial charge in [-0.1, -0.05) is 20.8 Å². The van der Waals surface area contributed by atoms with E-state index >= 15 is 0 Å². The molecule has 0 aromatic carbocycles. The van der Waals surface area contributed by atoms with E-state index < -0.39 is 33.3 Å². The third-order valence-electron chi connectivity index (χ3n) is 12.5. The van der Waals surface area contributed by atoms with Crippen LogP contribution in [0, 0.1) is 46.3 Å². The summed E-state index contributed by atoms with van der Waals surface area (Å²) in [6.45, 7) is 36.0. The Bertz CT molecular complexity index is 1090. The lowest BCUT2D eigenvalue weighted by Crippen LogP contribution is -2.67. The van der Waals surface area contributed by atoms with E-state index in [1.807, 2.05) is 0 Å². The molecule has 6 nitrogen and oxygen atoms in total. The molecule has 0 N–H and O–H groups in total. The maximum atomic E-state index is 12.2. The van der Waals surface area contributed by atoms with Crippen molar-refractivity contribution in [3.8, 4) is 0 Å². The summed E-state index contributed by atoms with van der Waals surface area (Å²) in [6, 6.07) is 0. The number of carbonyl (C=O) groups is 1. The standard InChI is InChI=1S/C37H74O6Si4/c1-25(17-20-33(38)39-4)26-18-19-27-34-28(24-32(37(26,27)3)42-46(11,12)13)36(2)22-21-30(40-44(5,6)7)35(43-47(14,15)16)29(36)23-31(34)41-45(8,9)10/h25-32,34-35H,17-24H2,1-16H3/t25-,26-,27?,28?,29-,30-,31-,32+,34?,35-,36-,37-/m1/s1. The van der Waals surface area contributed by atoms with Gasteiger partial charge in [-0.15, -0.1) is 0 Å². The Labute approximate surface area is 294 Å². The second-order valence-electron chi connectivity index (χ2n) is 20.5. The van der Waals surface area contributed by atoms with Crippen LogP contribution in [0.4, 0.5) is 0 Å². The number of fused-ring (bicyclic) bond motifs is 5. The normalized spacial score (nSPS) is 40.3. The van der Waals surface area contributed by atoms with Gasteiger partial charge in [0.15, 0.2) is 33.3 Å². The molecule has 12 atom stereocenters. The molecule has 0 aromatic heterocycles. The number of methoxy groups -OCH3 is 1. The zero-order valence-corrected chi connectivity index (χ0v) is 37.4. The Kier molecular flexibility index (Phi) is 11.9. The summed E-state index contributed by atoms with van der Waals surface area (Å²) in [4.78, 5) is 12.2. The first-order valence-corrected chi connectivity index (χ1v) is 32.7. The molecule has 274 valence electrons. The molecule has 10 heteroatoms. The Hall–Kier alpha value is 0.178. The van der Waals surface area contributed by atoms with Crippen molar-refractivity contribution in [3.05, 3.63) is 0 Å². The lowest BCUT2D eigenvalue weighted by Gasteiger charge is -2.67. The zero-order chi connectivity index (χ0) is 35.5. The average Bonchev–Trinajstić information content (AvgIpc) is 3.25. The lowest BCUT2D eigenvalue weighted by molar-refractivity contribution is -0.219. The number of hydrogen-bond donors (Lipinski definition) is 0. The average molecular weight is 727 g/mol. The minimum absolute atomic E-state index is 0.0631. The minimum Gasteiger partial charge on any atom is -0.469 e. The molecule has 0 spiro atoms. The van der Waals surface area contributed by atoms with Crippen molar-refractivity contribution < 1.29 is 27.2 Å². The summed E-state index contributed by atoms with van der Waals surface area (Å²) in [5.74, 6) is 2.91. The molecule has 4 rings (SSSR count). The van der Waals surface area contributed by atoms with Crippen molar-refractivity contribution in [1.29, 1.82) is 0 Å². The fourth-order valence-electron chi connectivity index (χ4n) is 11.1. The first kappa shape index (κ1) is 40.0. The lowest BCUT2D eigenvalue weighted by atomic mass is 9.42. The quantitative estimate of drug-likeness (QED) is 0.147. The predicted octanol–water partition coefficient (Wildman–Crippen LogP) is 9.94. The van der Waals surface area contributed by atoms with Gasteiger partial charge in [0.25, 0.3) is 0 Å². The van der Waals surface area contributed by atoms with E-state index in [1.54, 1.807) is 0 Å². The first-order valence-electron chi connectivity index (χ1n) is 19.1. The van der Waals surface area contributed by atoms with Crippen molar-refractivity contribution in [3.63, 3.8) is 0 Å². The first-order chi connectivity index (χ1) is 21.3. The van der Waals surface area contributed by atoms with E-state index in [4.69, 9.17) is 22.4 Å². The third-order valence-corrected chi connectivity index (χ3v) is 16.5. The van der Waals surface area contributed by atoms with Gasteiger partial charge in [-0.2, -0.15) is 0 Å². The SMILES string of the molecule is COC(=O)CC[C@@H](C)[C@H]1CCC2C3C(C[C@H](O[Si](C)(C)C)[C@@]21C)[C@@]1(C)CC[C@@H](O[Si](C)(C)C)[C@H](O[Si](C)(C)C)[C@H]1C[C@H]3O[Si](C)(C)C. The van der Waals surface area contributed by atoms with Crippen LogP contribution in [0.1, 0.15) is 72.1 Å². The number of ether oxygens (including phenoxy) is 1. The molecular weight excluding hydrogens is 653 g/mol. The molecule has 47 heavy (non-hydrogen) atoms. The molecule has 4 aliphatic rings. The van der Waals surface area contributed by atoms with Crippen LogP contribution in [0.2, 0.25) is 78.6 Å². The Balaban J connectivity index is 1.81. The molecule has 3 unspecified atom stereocenters. The fraction of sp³-hybridized carbons (Fsp3) is 0.973. The number of rotatable bonds is 12. The number of carbonyl (C=O) groups excluding carboxylic acids is 1. The van der Waals surface area contributed by atoms with Gasteiger partial charge < -0.3 is 22.4 Å². The molecule has 4 saturated carbocycles. The minimum atomic E-state index is -1.85. The second-order valence-corrected chi connectivity index (χ2v) is 38.3. The topological polar surface area (TPSA) is 63.2 Å². The summed E-state index contributed by atoms with van der Waals surface area (Å²) >= 11 is 0. The summed E-state index contributed by atoms with van der Waals surface area (Å²) in [6.07, 6.45) is 9.07. The summed E-state index contributed by atoms with van der Waals surface area (Å²) in [5.41, 5.74) is 0.220. The van der Waals surface area contributed by atoms with Gasteiger partial charge >= 0.3 is 5.97 Å². The Morgan fingerprint density at radius 3 is 1.79 bits per heavy atom. The number of esters is 1. The van der Waals surface area contributed by atoms with Crippen molar-refractivity contribution in [2.24, 2.45) is 46.3 Å². The summed E-state index contributed by atoms with van der Waals surface area (Å²) < 4.78 is 34.2. The van der Waals surface area contributed by atoms with E-state index in [2.05, 4.69) is 99.3 Å². The van der Waals surface area contributed by atoms with E-state index in [9.17, 15) is 4.79 Å². The monoisotopic (exact) mass is 726 g/mol. The highest BCUT2D eigenvalue weighted by Gasteiger charge is 2.68. The maximum absolute atomic E-state index is 12.2. The Morgan fingerprint density at radius 2 is 1.26 bits per heavy atom. The third kappa shape index (κ3) is 8.98. The van der Waals surface area contributed by atoms with E-state index in [0.29, 0.717) is 41.9 Å². The largest absolute Gasteiger partial charge is 0.469 e. The Morgan fingerprint density at radius 1 is 0.702 bits per heavy atom.